The number of carbonyl (C=O) groups is 1. The predicted octanol–water partition coefficient (Wildman–Crippen LogP) is 6.20. The summed E-state index contributed by atoms with van der Waals surface area (Å²) in [6, 6.07) is 29.5. The van der Waals surface area contributed by atoms with Gasteiger partial charge in [0.05, 0.1) is 23.7 Å². The van der Waals surface area contributed by atoms with Crippen molar-refractivity contribution in [2.24, 2.45) is 0 Å². The van der Waals surface area contributed by atoms with Gasteiger partial charge in [-0.2, -0.15) is 4.31 Å². The zero-order valence-electron chi connectivity index (χ0n) is 22.4. The maximum Gasteiger partial charge on any atom is 0.244 e. The Morgan fingerprint density at radius 1 is 0.900 bits per heavy atom. The zero-order chi connectivity index (χ0) is 28.1. The van der Waals surface area contributed by atoms with Crippen molar-refractivity contribution in [3.05, 3.63) is 114 Å². The third kappa shape index (κ3) is 6.14. The van der Waals surface area contributed by atoms with E-state index in [1.807, 2.05) is 73.7 Å². The van der Waals surface area contributed by atoms with Gasteiger partial charge < -0.3 is 9.15 Å². The van der Waals surface area contributed by atoms with Gasteiger partial charge in [-0.3, -0.25) is 4.79 Å². The molecule has 204 valence electrons. The lowest BCUT2D eigenvalue weighted by Gasteiger charge is -2.22. The summed E-state index contributed by atoms with van der Waals surface area (Å²) in [6.45, 7) is 3.54. The first-order chi connectivity index (χ1) is 19.3. The SMILES string of the molecule is CC(=O)CN(Cc1ccc(OCCc2nc(-c3ccccc3)oc2C)cc1)S(=O)(=O)c1cccc2ccccc12. The topological polar surface area (TPSA) is 89.7 Å². The molecule has 0 aliphatic rings. The molecule has 1 heterocycles. The Balaban J connectivity index is 1.26. The van der Waals surface area contributed by atoms with Crippen LogP contribution in [0.15, 0.2) is 106 Å². The Bertz CT molecular complexity index is 1720. The first kappa shape index (κ1) is 27.3. The minimum atomic E-state index is -3.93. The van der Waals surface area contributed by atoms with Gasteiger partial charge >= 0.3 is 0 Å². The number of aryl methyl sites for hydroxylation is 1. The summed E-state index contributed by atoms with van der Waals surface area (Å²) < 4.78 is 40.3. The van der Waals surface area contributed by atoms with Gasteiger partial charge in [-0.15, -0.1) is 0 Å². The maximum atomic E-state index is 13.7. The van der Waals surface area contributed by atoms with E-state index in [0.717, 1.165) is 28.0 Å². The van der Waals surface area contributed by atoms with Crippen molar-refractivity contribution in [3.8, 4) is 17.2 Å². The summed E-state index contributed by atoms with van der Waals surface area (Å²) in [6.07, 6.45) is 0.583. The van der Waals surface area contributed by atoms with Crippen molar-refractivity contribution in [2.45, 2.75) is 31.7 Å². The van der Waals surface area contributed by atoms with E-state index in [-0.39, 0.29) is 23.8 Å². The number of benzene rings is 4. The monoisotopic (exact) mass is 554 g/mol. The second kappa shape index (κ2) is 11.9. The van der Waals surface area contributed by atoms with Gasteiger partial charge in [0.2, 0.25) is 15.9 Å². The van der Waals surface area contributed by atoms with Gasteiger partial charge in [0.15, 0.2) is 0 Å². The Hall–Kier alpha value is -4.27. The van der Waals surface area contributed by atoms with Gasteiger partial charge in [0.1, 0.15) is 17.3 Å². The molecular formula is C32H30N2O5S. The maximum absolute atomic E-state index is 13.7. The van der Waals surface area contributed by atoms with E-state index in [9.17, 15) is 13.2 Å². The normalized spacial score (nSPS) is 11.7. The molecule has 0 N–H and O–H groups in total. The van der Waals surface area contributed by atoms with E-state index < -0.39 is 10.0 Å². The third-order valence-electron chi connectivity index (χ3n) is 6.57. The number of hydrogen-bond acceptors (Lipinski definition) is 6. The van der Waals surface area contributed by atoms with Crippen LogP contribution in [0, 0.1) is 6.92 Å². The lowest BCUT2D eigenvalue weighted by molar-refractivity contribution is -0.117. The highest BCUT2D eigenvalue weighted by Crippen LogP contribution is 2.27. The average Bonchev–Trinajstić information content (AvgIpc) is 3.33. The largest absolute Gasteiger partial charge is 0.493 e. The number of rotatable bonds is 11. The van der Waals surface area contributed by atoms with Crippen molar-refractivity contribution in [1.82, 2.24) is 9.29 Å². The first-order valence-corrected chi connectivity index (χ1v) is 14.5. The molecule has 0 atom stereocenters. The number of nitrogens with zero attached hydrogens (tertiary/aromatic N) is 2. The van der Waals surface area contributed by atoms with Crippen LogP contribution >= 0.6 is 0 Å². The molecule has 0 amide bonds. The highest BCUT2D eigenvalue weighted by molar-refractivity contribution is 7.89. The summed E-state index contributed by atoms with van der Waals surface area (Å²) >= 11 is 0. The van der Waals surface area contributed by atoms with Crippen LogP contribution < -0.4 is 4.74 Å². The average molecular weight is 555 g/mol. The second-order valence-corrected chi connectivity index (χ2v) is 11.5. The van der Waals surface area contributed by atoms with Crippen LogP contribution in [0.3, 0.4) is 0 Å². The molecule has 0 radical (unpaired) electrons. The fourth-order valence-corrected chi connectivity index (χ4v) is 6.22. The number of ether oxygens (including phenoxy) is 1. The van der Waals surface area contributed by atoms with E-state index in [1.54, 1.807) is 30.3 Å². The second-order valence-electron chi connectivity index (χ2n) is 9.58. The van der Waals surface area contributed by atoms with Crippen molar-refractivity contribution < 1.29 is 22.4 Å². The summed E-state index contributed by atoms with van der Waals surface area (Å²) in [4.78, 5) is 16.8. The van der Waals surface area contributed by atoms with Gasteiger partial charge in [-0.05, 0) is 55.1 Å². The molecule has 0 unspecified atom stereocenters. The van der Waals surface area contributed by atoms with Gasteiger partial charge in [-0.1, -0.05) is 66.7 Å². The fourth-order valence-electron chi connectivity index (χ4n) is 4.56. The number of sulfonamides is 1. The summed E-state index contributed by atoms with van der Waals surface area (Å²) in [5.74, 6) is 1.77. The summed E-state index contributed by atoms with van der Waals surface area (Å²) in [7, 11) is -3.93. The van der Waals surface area contributed by atoms with E-state index in [2.05, 4.69) is 4.98 Å². The molecule has 0 spiro atoms. The highest BCUT2D eigenvalue weighted by Gasteiger charge is 2.27. The smallest absolute Gasteiger partial charge is 0.244 e. The Kier molecular flexibility index (Phi) is 8.09. The van der Waals surface area contributed by atoms with Crippen LogP contribution in [0.25, 0.3) is 22.2 Å². The fraction of sp³-hybridized carbons (Fsp3) is 0.188. The Morgan fingerprint density at radius 2 is 1.60 bits per heavy atom. The third-order valence-corrected chi connectivity index (χ3v) is 8.42. The van der Waals surface area contributed by atoms with Crippen LogP contribution in [0.1, 0.15) is 23.9 Å². The van der Waals surface area contributed by atoms with Crippen molar-refractivity contribution >= 4 is 26.6 Å². The van der Waals surface area contributed by atoms with Crippen LogP contribution in [0.4, 0.5) is 0 Å². The molecule has 0 fully saturated rings. The minimum absolute atomic E-state index is 0.0613. The number of oxazole rings is 1. The Morgan fingerprint density at radius 3 is 2.35 bits per heavy atom. The number of hydrogen-bond donors (Lipinski definition) is 0. The van der Waals surface area contributed by atoms with E-state index >= 15 is 0 Å². The quantitative estimate of drug-likeness (QED) is 0.193. The summed E-state index contributed by atoms with van der Waals surface area (Å²) in [5.41, 5.74) is 2.51. The van der Waals surface area contributed by atoms with Crippen molar-refractivity contribution in [2.75, 3.05) is 13.2 Å². The van der Waals surface area contributed by atoms with Crippen molar-refractivity contribution in [3.63, 3.8) is 0 Å². The molecule has 5 aromatic rings. The molecule has 8 heteroatoms. The van der Waals surface area contributed by atoms with E-state index in [0.29, 0.717) is 30.1 Å². The minimum Gasteiger partial charge on any atom is -0.493 e. The van der Waals surface area contributed by atoms with Crippen LogP contribution in [-0.2, 0) is 27.8 Å². The number of Topliss-reactive ketones (excluding diaryl/α,β-unsaturated/α-hetero) is 1. The zero-order valence-corrected chi connectivity index (χ0v) is 23.2. The van der Waals surface area contributed by atoms with Gasteiger partial charge in [-0.25, -0.2) is 13.4 Å². The molecule has 1 aromatic heterocycles. The molecule has 0 bridgehead atoms. The molecule has 0 saturated carbocycles. The van der Waals surface area contributed by atoms with E-state index in [1.165, 1.54) is 11.2 Å². The lowest BCUT2D eigenvalue weighted by atomic mass is 10.1. The standard InChI is InChI=1S/C32H30N2O5S/c1-23(35)21-34(40(36,37)31-14-8-12-26-9-6-7-13-29(26)31)22-25-15-17-28(18-16-25)38-20-19-30-24(2)39-32(33-30)27-10-4-3-5-11-27/h3-18H,19-22H2,1-2H3. The number of carbonyl (C=O) groups excluding carboxylic acids is 1. The highest BCUT2D eigenvalue weighted by atomic mass is 32.2. The molecule has 7 nitrogen and oxygen atoms in total. The van der Waals surface area contributed by atoms with Gasteiger partial charge in [0.25, 0.3) is 0 Å². The molecule has 0 aliphatic heterocycles. The number of aromatic nitrogens is 1. The molecule has 0 aliphatic carbocycles. The molecule has 40 heavy (non-hydrogen) atoms. The first-order valence-electron chi connectivity index (χ1n) is 13.0. The Labute approximate surface area is 234 Å². The molecule has 5 rings (SSSR count). The molecule has 0 saturated heterocycles. The molecular weight excluding hydrogens is 524 g/mol. The number of ketones is 1. The van der Waals surface area contributed by atoms with Gasteiger partial charge in [0, 0.05) is 23.9 Å². The predicted molar refractivity (Wildman–Crippen MR) is 155 cm³/mol. The van der Waals surface area contributed by atoms with Crippen LogP contribution in [0.2, 0.25) is 0 Å². The van der Waals surface area contributed by atoms with Crippen molar-refractivity contribution in [1.29, 1.82) is 0 Å². The van der Waals surface area contributed by atoms with Crippen LogP contribution in [-0.4, -0.2) is 36.6 Å². The number of fused-ring (bicyclic) bond motifs is 1. The summed E-state index contributed by atoms with van der Waals surface area (Å²) in [5, 5.41) is 1.45. The van der Waals surface area contributed by atoms with E-state index in [4.69, 9.17) is 9.15 Å². The van der Waals surface area contributed by atoms with Crippen LogP contribution in [0.5, 0.6) is 5.75 Å². The molecule has 4 aromatic carbocycles. The lowest BCUT2D eigenvalue weighted by Crippen LogP contribution is -2.34.